The third kappa shape index (κ3) is 7.27. The van der Waals surface area contributed by atoms with Crippen LogP contribution in [0.25, 0.3) is 0 Å². The standard InChI is InChI=1S/C8H15NO4/c1-9-6(2-4-7(10)11)3-5-8(12)13/h6,9H,2-5H2,1H3,(H,10,11)(H,12,13). The topological polar surface area (TPSA) is 86.6 Å². The Bertz CT molecular complexity index is 163. The zero-order valence-corrected chi connectivity index (χ0v) is 7.62. The van der Waals surface area contributed by atoms with E-state index in [0.29, 0.717) is 12.8 Å². The Balaban J connectivity index is 3.63. The first-order valence-electron chi connectivity index (χ1n) is 4.17. The number of hydrogen-bond acceptors (Lipinski definition) is 3. The number of hydrogen-bond donors (Lipinski definition) is 3. The van der Waals surface area contributed by atoms with E-state index in [1.165, 1.54) is 0 Å². The lowest BCUT2D eigenvalue weighted by Crippen LogP contribution is -2.26. The quantitative estimate of drug-likeness (QED) is 0.536. The van der Waals surface area contributed by atoms with Crippen molar-refractivity contribution in [3.05, 3.63) is 0 Å². The molecule has 0 aromatic carbocycles. The molecule has 0 atom stereocenters. The lowest BCUT2D eigenvalue weighted by atomic mass is 10.1. The van der Waals surface area contributed by atoms with Crippen molar-refractivity contribution in [2.75, 3.05) is 7.05 Å². The highest BCUT2D eigenvalue weighted by atomic mass is 16.4. The van der Waals surface area contributed by atoms with Crippen LogP contribution < -0.4 is 5.32 Å². The van der Waals surface area contributed by atoms with Crippen molar-refractivity contribution >= 4 is 11.9 Å². The van der Waals surface area contributed by atoms with E-state index in [2.05, 4.69) is 5.32 Å². The Hall–Kier alpha value is -1.10. The van der Waals surface area contributed by atoms with E-state index in [0.717, 1.165) is 0 Å². The van der Waals surface area contributed by atoms with Crippen molar-refractivity contribution in [3.63, 3.8) is 0 Å². The molecule has 0 unspecified atom stereocenters. The average molecular weight is 189 g/mol. The summed E-state index contributed by atoms with van der Waals surface area (Å²) in [6.07, 6.45) is 1.09. The van der Waals surface area contributed by atoms with Gasteiger partial charge in [-0.25, -0.2) is 0 Å². The molecule has 0 aromatic heterocycles. The van der Waals surface area contributed by atoms with Crippen LogP contribution in [-0.2, 0) is 9.59 Å². The van der Waals surface area contributed by atoms with Gasteiger partial charge in [0, 0.05) is 18.9 Å². The summed E-state index contributed by atoms with van der Waals surface area (Å²) in [7, 11) is 1.70. The molecule has 0 heterocycles. The second kappa shape index (κ2) is 6.42. The molecular formula is C8H15NO4. The van der Waals surface area contributed by atoms with Crippen molar-refractivity contribution in [1.82, 2.24) is 5.32 Å². The van der Waals surface area contributed by atoms with Crippen molar-refractivity contribution in [2.45, 2.75) is 31.7 Å². The van der Waals surface area contributed by atoms with Crippen molar-refractivity contribution < 1.29 is 19.8 Å². The van der Waals surface area contributed by atoms with Crippen LogP contribution in [0.3, 0.4) is 0 Å². The summed E-state index contributed by atoms with van der Waals surface area (Å²) in [6, 6.07) is -0.0211. The normalized spacial score (nSPS) is 10.3. The highest BCUT2D eigenvalue weighted by molar-refractivity contribution is 5.67. The Morgan fingerprint density at radius 3 is 1.77 bits per heavy atom. The molecule has 0 aliphatic carbocycles. The van der Waals surface area contributed by atoms with Gasteiger partial charge in [0.05, 0.1) is 0 Å². The molecule has 0 rings (SSSR count). The van der Waals surface area contributed by atoms with Gasteiger partial charge in [0.1, 0.15) is 0 Å². The van der Waals surface area contributed by atoms with Crippen LogP contribution in [0.2, 0.25) is 0 Å². The summed E-state index contributed by atoms with van der Waals surface area (Å²) >= 11 is 0. The van der Waals surface area contributed by atoms with Gasteiger partial charge in [-0.2, -0.15) is 0 Å². The minimum atomic E-state index is -0.851. The first kappa shape index (κ1) is 11.9. The number of carboxylic acids is 2. The SMILES string of the molecule is CNC(CCC(=O)O)CCC(=O)O. The lowest BCUT2D eigenvalue weighted by molar-refractivity contribution is -0.137. The molecule has 0 saturated heterocycles. The van der Waals surface area contributed by atoms with Crippen LogP contribution in [0.15, 0.2) is 0 Å². The molecule has 0 aliphatic rings. The summed E-state index contributed by atoms with van der Waals surface area (Å²) in [6.45, 7) is 0. The monoisotopic (exact) mass is 189 g/mol. The number of carbonyl (C=O) groups is 2. The second-order valence-electron chi connectivity index (χ2n) is 2.85. The minimum absolute atomic E-state index is 0.0211. The van der Waals surface area contributed by atoms with Gasteiger partial charge < -0.3 is 15.5 Å². The maximum Gasteiger partial charge on any atom is 0.303 e. The first-order chi connectivity index (χ1) is 6.06. The largest absolute Gasteiger partial charge is 0.481 e. The Morgan fingerprint density at radius 2 is 1.54 bits per heavy atom. The third-order valence-electron chi connectivity index (χ3n) is 1.82. The summed E-state index contributed by atoms with van der Waals surface area (Å²) < 4.78 is 0. The predicted molar refractivity (Wildman–Crippen MR) is 46.6 cm³/mol. The minimum Gasteiger partial charge on any atom is -0.481 e. The molecule has 5 nitrogen and oxygen atoms in total. The highest BCUT2D eigenvalue weighted by Gasteiger charge is 2.10. The summed E-state index contributed by atoms with van der Waals surface area (Å²) in [4.78, 5) is 20.4. The van der Waals surface area contributed by atoms with Crippen molar-refractivity contribution in [1.29, 1.82) is 0 Å². The van der Waals surface area contributed by atoms with Gasteiger partial charge >= 0.3 is 11.9 Å². The van der Waals surface area contributed by atoms with Gasteiger partial charge in [0.2, 0.25) is 0 Å². The van der Waals surface area contributed by atoms with Gasteiger partial charge in [0.15, 0.2) is 0 Å². The van der Waals surface area contributed by atoms with E-state index >= 15 is 0 Å². The fourth-order valence-electron chi connectivity index (χ4n) is 1.03. The lowest BCUT2D eigenvalue weighted by Gasteiger charge is -2.12. The number of rotatable bonds is 7. The Morgan fingerprint density at radius 1 is 1.15 bits per heavy atom. The smallest absolute Gasteiger partial charge is 0.303 e. The van der Waals surface area contributed by atoms with Gasteiger partial charge in [0.25, 0.3) is 0 Å². The zero-order valence-electron chi connectivity index (χ0n) is 7.62. The van der Waals surface area contributed by atoms with E-state index in [1.807, 2.05) is 0 Å². The Labute approximate surface area is 76.8 Å². The molecule has 0 radical (unpaired) electrons. The van der Waals surface area contributed by atoms with E-state index in [-0.39, 0.29) is 18.9 Å². The van der Waals surface area contributed by atoms with Crippen LogP contribution in [0, 0.1) is 0 Å². The van der Waals surface area contributed by atoms with Crippen molar-refractivity contribution in [3.8, 4) is 0 Å². The number of nitrogens with one attached hydrogen (secondary N) is 1. The molecule has 0 bridgehead atoms. The average Bonchev–Trinajstić information content (AvgIpc) is 2.04. The fraction of sp³-hybridized carbons (Fsp3) is 0.750. The summed E-state index contributed by atoms with van der Waals surface area (Å²) in [5, 5.41) is 19.7. The van der Waals surface area contributed by atoms with E-state index in [1.54, 1.807) is 7.05 Å². The van der Waals surface area contributed by atoms with Crippen molar-refractivity contribution in [2.24, 2.45) is 0 Å². The van der Waals surface area contributed by atoms with Crippen LogP contribution >= 0.6 is 0 Å². The molecule has 0 saturated carbocycles. The second-order valence-corrected chi connectivity index (χ2v) is 2.85. The van der Waals surface area contributed by atoms with E-state index in [4.69, 9.17) is 10.2 Å². The van der Waals surface area contributed by atoms with Crippen LogP contribution in [0.1, 0.15) is 25.7 Å². The van der Waals surface area contributed by atoms with Crippen LogP contribution in [-0.4, -0.2) is 35.2 Å². The zero-order chi connectivity index (χ0) is 10.3. The van der Waals surface area contributed by atoms with E-state index < -0.39 is 11.9 Å². The van der Waals surface area contributed by atoms with Gasteiger partial charge in [-0.1, -0.05) is 0 Å². The number of aliphatic carboxylic acids is 2. The molecular weight excluding hydrogens is 174 g/mol. The molecule has 5 heteroatoms. The summed E-state index contributed by atoms with van der Waals surface area (Å²) in [5.74, 6) is -1.70. The van der Waals surface area contributed by atoms with Crippen LogP contribution in [0.4, 0.5) is 0 Å². The molecule has 0 amide bonds. The highest BCUT2D eigenvalue weighted by Crippen LogP contribution is 2.04. The maximum atomic E-state index is 10.2. The van der Waals surface area contributed by atoms with Gasteiger partial charge in [-0.05, 0) is 19.9 Å². The fourth-order valence-corrected chi connectivity index (χ4v) is 1.03. The molecule has 76 valence electrons. The van der Waals surface area contributed by atoms with Gasteiger partial charge in [-0.15, -0.1) is 0 Å². The number of carboxylic acid groups (broad SMARTS) is 2. The molecule has 0 aromatic rings. The predicted octanol–water partition coefficient (Wildman–Crippen LogP) is 0.304. The molecule has 3 N–H and O–H groups in total. The first-order valence-corrected chi connectivity index (χ1v) is 4.17. The molecule has 13 heavy (non-hydrogen) atoms. The molecule has 0 fully saturated rings. The molecule has 0 spiro atoms. The molecule has 0 aliphatic heterocycles. The van der Waals surface area contributed by atoms with Crippen LogP contribution in [0.5, 0.6) is 0 Å². The third-order valence-corrected chi connectivity index (χ3v) is 1.82. The van der Waals surface area contributed by atoms with Gasteiger partial charge in [-0.3, -0.25) is 9.59 Å². The Kier molecular flexibility index (Phi) is 5.88. The van der Waals surface area contributed by atoms with E-state index in [9.17, 15) is 9.59 Å². The maximum absolute atomic E-state index is 10.2. The summed E-state index contributed by atoms with van der Waals surface area (Å²) in [5.41, 5.74) is 0.